The molecule has 1 saturated heterocycles. The summed E-state index contributed by atoms with van der Waals surface area (Å²) in [7, 11) is 2.10. The second kappa shape index (κ2) is 4.19. The van der Waals surface area contributed by atoms with E-state index in [1.807, 2.05) is 0 Å². The van der Waals surface area contributed by atoms with E-state index in [1.165, 1.54) is 32.4 Å². The summed E-state index contributed by atoms with van der Waals surface area (Å²) in [4.78, 5) is 2.72. The minimum atomic E-state index is 0.731. The largest absolute Gasteiger partial charge is 0.316 e. The van der Waals surface area contributed by atoms with Gasteiger partial charge in [-0.05, 0) is 38.1 Å². The summed E-state index contributed by atoms with van der Waals surface area (Å²) in [5.41, 5.74) is 0. The lowest BCUT2D eigenvalue weighted by atomic mass is 9.79. The van der Waals surface area contributed by atoms with Crippen LogP contribution in [-0.4, -0.2) is 37.1 Å². The normalized spacial score (nSPS) is 44.8. The van der Waals surface area contributed by atoms with Crippen molar-refractivity contribution in [3.63, 3.8) is 0 Å². The highest BCUT2D eigenvalue weighted by Crippen LogP contribution is 2.33. The molecule has 1 saturated carbocycles. The Bertz CT molecular complexity index is 187. The van der Waals surface area contributed by atoms with Gasteiger partial charge in [-0.1, -0.05) is 13.8 Å². The third kappa shape index (κ3) is 2.12. The van der Waals surface area contributed by atoms with Gasteiger partial charge < -0.3 is 5.32 Å². The number of nitrogens with zero attached hydrogens (tertiary/aromatic N) is 1. The molecule has 0 aromatic rings. The summed E-state index contributed by atoms with van der Waals surface area (Å²) in [5, 5.41) is 3.44. The minimum absolute atomic E-state index is 0.731. The van der Waals surface area contributed by atoms with Crippen LogP contribution in [0.5, 0.6) is 0 Å². The van der Waals surface area contributed by atoms with Crippen LogP contribution in [0.25, 0.3) is 0 Å². The van der Waals surface area contributed by atoms with Gasteiger partial charge in [-0.2, -0.15) is 0 Å². The van der Waals surface area contributed by atoms with Gasteiger partial charge >= 0.3 is 0 Å². The van der Waals surface area contributed by atoms with E-state index in [-0.39, 0.29) is 0 Å². The first-order valence-corrected chi connectivity index (χ1v) is 6.10. The predicted octanol–water partition coefficient (Wildman–Crippen LogP) is 1.71. The topological polar surface area (TPSA) is 15.3 Å². The van der Waals surface area contributed by atoms with Gasteiger partial charge in [0.05, 0.1) is 0 Å². The molecule has 0 amide bonds. The van der Waals surface area contributed by atoms with E-state index >= 15 is 0 Å². The van der Waals surface area contributed by atoms with Gasteiger partial charge in [-0.15, -0.1) is 0 Å². The van der Waals surface area contributed by atoms with Gasteiger partial charge in [0, 0.05) is 25.2 Å². The van der Waals surface area contributed by atoms with Crippen LogP contribution in [0.4, 0.5) is 0 Å². The Morgan fingerprint density at radius 1 is 1.00 bits per heavy atom. The first-order valence-electron chi connectivity index (χ1n) is 6.10. The zero-order valence-electron chi connectivity index (χ0n) is 9.79. The lowest BCUT2D eigenvalue weighted by Crippen LogP contribution is -2.54. The van der Waals surface area contributed by atoms with E-state index in [9.17, 15) is 0 Å². The molecule has 2 fully saturated rings. The molecule has 2 nitrogen and oxygen atoms in total. The molecule has 1 aliphatic heterocycles. The molecule has 2 aliphatic rings. The van der Waals surface area contributed by atoms with Gasteiger partial charge in [0.15, 0.2) is 0 Å². The van der Waals surface area contributed by atoms with E-state index in [1.54, 1.807) is 0 Å². The summed E-state index contributed by atoms with van der Waals surface area (Å²) in [6.07, 6.45) is 4.22. The molecular formula is C12H24N2. The summed E-state index contributed by atoms with van der Waals surface area (Å²) in [5.74, 6) is 1.85. The zero-order valence-corrected chi connectivity index (χ0v) is 9.79. The Labute approximate surface area is 88.1 Å². The number of likely N-dealkylation sites (N-methyl/N-ethyl adjacent to an activating group) is 1. The van der Waals surface area contributed by atoms with E-state index in [2.05, 4.69) is 31.1 Å². The maximum Gasteiger partial charge on any atom is 0.0195 e. The Hall–Kier alpha value is -0.0800. The summed E-state index contributed by atoms with van der Waals surface area (Å²) >= 11 is 0. The van der Waals surface area contributed by atoms with Crippen LogP contribution >= 0.6 is 0 Å². The molecule has 1 aliphatic carbocycles. The number of hydrogen-bond donors (Lipinski definition) is 1. The van der Waals surface area contributed by atoms with E-state index in [4.69, 9.17) is 0 Å². The SMILES string of the molecule is CNC1CC(C)CN(C2CC(C)C2)C1. The van der Waals surface area contributed by atoms with Crippen molar-refractivity contribution in [2.75, 3.05) is 20.1 Å². The second-order valence-electron chi connectivity index (χ2n) is 5.51. The number of likely N-dealkylation sites (tertiary alicyclic amines) is 1. The van der Waals surface area contributed by atoms with Crippen molar-refractivity contribution in [1.29, 1.82) is 0 Å². The van der Waals surface area contributed by atoms with Crippen molar-refractivity contribution in [2.24, 2.45) is 11.8 Å². The lowest BCUT2D eigenvalue weighted by molar-refractivity contribution is 0.0389. The summed E-state index contributed by atoms with van der Waals surface area (Å²) in [6, 6.07) is 1.64. The standard InChI is InChI=1S/C12H24N2/c1-9-5-12(6-9)14-7-10(2)4-11(8-14)13-3/h9-13H,4-8H2,1-3H3. The van der Waals surface area contributed by atoms with Crippen LogP contribution in [-0.2, 0) is 0 Å². The van der Waals surface area contributed by atoms with Gasteiger partial charge in [-0.3, -0.25) is 4.90 Å². The van der Waals surface area contributed by atoms with Crippen molar-refractivity contribution in [1.82, 2.24) is 10.2 Å². The van der Waals surface area contributed by atoms with Crippen molar-refractivity contribution in [3.8, 4) is 0 Å². The molecule has 1 heterocycles. The zero-order chi connectivity index (χ0) is 10.1. The third-order valence-corrected chi connectivity index (χ3v) is 3.96. The van der Waals surface area contributed by atoms with Crippen molar-refractivity contribution in [3.05, 3.63) is 0 Å². The highest BCUT2D eigenvalue weighted by molar-refractivity contribution is 4.90. The predicted molar refractivity (Wildman–Crippen MR) is 60.4 cm³/mol. The summed E-state index contributed by atoms with van der Waals surface area (Å²) in [6.45, 7) is 7.37. The highest BCUT2D eigenvalue weighted by Gasteiger charge is 2.34. The van der Waals surface area contributed by atoms with Gasteiger partial charge in [-0.25, -0.2) is 0 Å². The van der Waals surface area contributed by atoms with Crippen LogP contribution in [0.1, 0.15) is 33.1 Å². The smallest absolute Gasteiger partial charge is 0.0195 e. The van der Waals surface area contributed by atoms with Crippen LogP contribution in [0.3, 0.4) is 0 Å². The van der Waals surface area contributed by atoms with Crippen molar-refractivity contribution >= 4 is 0 Å². The van der Waals surface area contributed by atoms with Gasteiger partial charge in [0.1, 0.15) is 0 Å². The highest BCUT2D eigenvalue weighted by atomic mass is 15.2. The quantitative estimate of drug-likeness (QED) is 0.723. The molecular weight excluding hydrogens is 172 g/mol. The number of hydrogen-bond acceptors (Lipinski definition) is 2. The minimum Gasteiger partial charge on any atom is -0.316 e. The Balaban J connectivity index is 1.86. The van der Waals surface area contributed by atoms with Crippen LogP contribution in [0.2, 0.25) is 0 Å². The molecule has 0 aromatic heterocycles. The van der Waals surface area contributed by atoms with Crippen LogP contribution < -0.4 is 5.32 Å². The van der Waals surface area contributed by atoms with Crippen LogP contribution in [0.15, 0.2) is 0 Å². The average Bonchev–Trinajstić information content (AvgIpc) is 2.12. The molecule has 2 atom stereocenters. The fourth-order valence-electron chi connectivity index (χ4n) is 3.06. The maximum atomic E-state index is 3.44. The first kappa shape index (κ1) is 10.4. The molecule has 0 radical (unpaired) electrons. The van der Waals surface area contributed by atoms with Gasteiger partial charge in [0.2, 0.25) is 0 Å². The molecule has 0 bridgehead atoms. The maximum absolute atomic E-state index is 3.44. The Morgan fingerprint density at radius 3 is 2.29 bits per heavy atom. The Morgan fingerprint density at radius 2 is 1.71 bits per heavy atom. The molecule has 0 spiro atoms. The van der Waals surface area contributed by atoms with E-state index < -0.39 is 0 Å². The molecule has 0 aromatic carbocycles. The first-order chi connectivity index (χ1) is 6.69. The monoisotopic (exact) mass is 196 g/mol. The lowest BCUT2D eigenvalue weighted by Gasteiger charge is -2.47. The molecule has 2 heteroatoms. The molecule has 2 unspecified atom stereocenters. The fraction of sp³-hybridized carbons (Fsp3) is 1.00. The fourth-order valence-corrected chi connectivity index (χ4v) is 3.06. The van der Waals surface area contributed by atoms with E-state index in [0.29, 0.717) is 0 Å². The number of rotatable bonds is 2. The van der Waals surface area contributed by atoms with Crippen molar-refractivity contribution in [2.45, 2.75) is 45.2 Å². The third-order valence-electron chi connectivity index (χ3n) is 3.96. The average molecular weight is 196 g/mol. The Kier molecular flexibility index (Phi) is 3.13. The molecule has 2 rings (SSSR count). The second-order valence-corrected chi connectivity index (χ2v) is 5.51. The molecule has 1 N–H and O–H groups in total. The van der Waals surface area contributed by atoms with E-state index in [0.717, 1.165) is 23.9 Å². The number of piperidine rings is 1. The van der Waals surface area contributed by atoms with Gasteiger partial charge in [0.25, 0.3) is 0 Å². The molecule has 82 valence electrons. The number of nitrogens with one attached hydrogen (secondary N) is 1. The summed E-state index contributed by atoms with van der Waals surface area (Å²) < 4.78 is 0. The van der Waals surface area contributed by atoms with Crippen LogP contribution in [0, 0.1) is 11.8 Å². The van der Waals surface area contributed by atoms with Crippen molar-refractivity contribution < 1.29 is 0 Å². The molecule has 14 heavy (non-hydrogen) atoms.